The van der Waals surface area contributed by atoms with Crippen molar-refractivity contribution in [3.63, 3.8) is 0 Å². The highest BCUT2D eigenvalue weighted by atomic mass is 79.9. The summed E-state index contributed by atoms with van der Waals surface area (Å²) in [5.74, 6) is 0. The van der Waals surface area contributed by atoms with E-state index in [0.29, 0.717) is 5.13 Å². The molecule has 0 fully saturated rings. The topological polar surface area (TPSA) is 82.0 Å². The number of nitro groups is 1. The second-order valence-corrected chi connectivity index (χ2v) is 3.76. The molecule has 1 heterocycles. The van der Waals surface area contributed by atoms with E-state index in [9.17, 15) is 10.1 Å². The van der Waals surface area contributed by atoms with Crippen molar-refractivity contribution in [1.29, 1.82) is 0 Å². The van der Waals surface area contributed by atoms with E-state index in [0.717, 1.165) is 11.3 Å². The fourth-order valence-corrected chi connectivity index (χ4v) is 1.75. The average Bonchev–Trinajstić information content (AvgIpc) is 2.65. The quantitative estimate of drug-likeness (QED) is 0.588. The number of aromatic nitrogens is 1. The molecule has 1 aromatic carbocycles. The number of halogens is 1. The largest absolute Gasteiger partial charge is 1.00 e. The predicted octanol–water partition coefficient (Wildman–Crippen LogP) is -0.696. The molecule has 0 bridgehead atoms. The summed E-state index contributed by atoms with van der Waals surface area (Å²) >= 11 is 1.34. The van der Waals surface area contributed by atoms with Gasteiger partial charge in [-0.2, -0.15) is 0 Å². The van der Waals surface area contributed by atoms with E-state index in [4.69, 9.17) is 5.73 Å². The summed E-state index contributed by atoms with van der Waals surface area (Å²) < 4.78 is 0. The van der Waals surface area contributed by atoms with Gasteiger partial charge in [-0.3, -0.25) is 10.1 Å². The number of nitrogens with two attached hydrogens (primary N) is 1. The van der Waals surface area contributed by atoms with E-state index in [1.807, 2.05) is 5.38 Å². The third kappa shape index (κ3) is 2.56. The number of rotatable bonds is 2. The van der Waals surface area contributed by atoms with Gasteiger partial charge in [0.2, 0.25) is 0 Å². The van der Waals surface area contributed by atoms with Crippen molar-refractivity contribution in [2.45, 2.75) is 0 Å². The third-order valence-corrected chi connectivity index (χ3v) is 2.57. The molecular formula is C9H7BrN3O2S-. The molecule has 2 aromatic rings. The van der Waals surface area contributed by atoms with Crippen LogP contribution in [0.4, 0.5) is 10.8 Å². The van der Waals surface area contributed by atoms with Crippen LogP contribution in [-0.2, 0) is 0 Å². The lowest BCUT2D eigenvalue weighted by atomic mass is 10.1. The SMILES string of the molecule is Nc1nc(-c2ccc([N+](=O)[O-])cc2)cs1.[Br-]. The molecular weight excluding hydrogens is 294 g/mol. The smallest absolute Gasteiger partial charge is 0.269 e. The van der Waals surface area contributed by atoms with Gasteiger partial charge in [-0.1, -0.05) is 0 Å². The minimum absolute atomic E-state index is 0. The van der Waals surface area contributed by atoms with Crippen molar-refractivity contribution in [3.8, 4) is 11.3 Å². The Hall–Kier alpha value is -1.47. The molecule has 0 atom stereocenters. The first-order valence-electron chi connectivity index (χ1n) is 4.12. The number of benzene rings is 1. The Morgan fingerprint density at radius 2 is 1.94 bits per heavy atom. The molecule has 0 radical (unpaired) electrons. The first kappa shape index (κ1) is 12.6. The minimum Gasteiger partial charge on any atom is -1.00 e. The maximum absolute atomic E-state index is 10.4. The maximum Gasteiger partial charge on any atom is 0.269 e. The maximum atomic E-state index is 10.4. The highest BCUT2D eigenvalue weighted by Crippen LogP contribution is 2.24. The van der Waals surface area contributed by atoms with E-state index >= 15 is 0 Å². The highest BCUT2D eigenvalue weighted by Gasteiger charge is 2.06. The molecule has 5 nitrogen and oxygen atoms in total. The monoisotopic (exact) mass is 300 g/mol. The molecule has 0 unspecified atom stereocenters. The lowest BCUT2D eigenvalue weighted by Crippen LogP contribution is -3.00. The summed E-state index contributed by atoms with van der Waals surface area (Å²) in [4.78, 5) is 14.1. The predicted molar refractivity (Wildman–Crippen MR) is 58.6 cm³/mol. The Labute approximate surface area is 106 Å². The number of anilines is 1. The fraction of sp³-hybridized carbons (Fsp3) is 0. The van der Waals surface area contributed by atoms with Crippen LogP contribution in [-0.4, -0.2) is 9.91 Å². The summed E-state index contributed by atoms with van der Waals surface area (Å²) in [5.41, 5.74) is 7.13. The van der Waals surface area contributed by atoms with Crippen LogP contribution in [0.2, 0.25) is 0 Å². The summed E-state index contributed by atoms with van der Waals surface area (Å²) in [7, 11) is 0. The van der Waals surface area contributed by atoms with Crippen LogP contribution >= 0.6 is 11.3 Å². The van der Waals surface area contributed by atoms with Crippen molar-refractivity contribution < 1.29 is 21.9 Å². The van der Waals surface area contributed by atoms with Crippen molar-refractivity contribution in [2.24, 2.45) is 0 Å². The second kappa shape index (κ2) is 5.04. The lowest BCUT2D eigenvalue weighted by Gasteiger charge is -1.95. The zero-order chi connectivity index (χ0) is 10.8. The number of non-ortho nitro benzene ring substituents is 1. The summed E-state index contributed by atoms with van der Waals surface area (Å²) in [6.45, 7) is 0. The normalized spacial score (nSPS) is 9.50. The molecule has 7 heteroatoms. The number of nitrogens with zero attached hydrogens (tertiary/aromatic N) is 2. The molecule has 0 spiro atoms. The molecule has 0 amide bonds. The molecule has 16 heavy (non-hydrogen) atoms. The molecule has 0 saturated heterocycles. The number of thiazole rings is 1. The van der Waals surface area contributed by atoms with E-state index in [1.165, 1.54) is 23.5 Å². The number of nitro benzene ring substituents is 1. The van der Waals surface area contributed by atoms with Crippen LogP contribution in [0.25, 0.3) is 11.3 Å². The van der Waals surface area contributed by atoms with Gasteiger partial charge in [-0.05, 0) is 12.1 Å². The molecule has 2 rings (SSSR count). The zero-order valence-corrected chi connectivity index (χ0v) is 10.4. The van der Waals surface area contributed by atoms with Crippen LogP contribution in [0.15, 0.2) is 29.6 Å². The van der Waals surface area contributed by atoms with E-state index in [1.54, 1.807) is 12.1 Å². The molecule has 0 saturated carbocycles. The summed E-state index contributed by atoms with van der Waals surface area (Å²) in [6.07, 6.45) is 0. The van der Waals surface area contributed by atoms with Crippen LogP contribution in [0.5, 0.6) is 0 Å². The highest BCUT2D eigenvalue weighted by molar-refractivity contribution is 7.13. The molecule has 84 valence electrons. The second-order valence-electron chi connectivity index (χ2n) is 2.87. The lowest BCUT2D eigenvalue weighted by molar-refractivity contribution is -0.384. The van der Waals surface area contributed by atoms with Gasteiger partial charge >= 0.3 is 0 Å². The van der Waals surface area contributed by atoms with Gasteiger partial charge in [0, 0.05) is 23.1 Å². The number of hydrogen-bond donors (Lipinski definition) is 1. The van der Waals surface area contributed by atoms with E-state index in [2.05, 4.69) is 4.98 Å². The van der Waals surface area contributed by atoms with E-state index < -0.39 is 4.92 Å². The number of nitrogen functional groups attached to an aromatic ring is 1. The first-order valence-corrected chi connectivity index (χ1v) is 5.00. The average molecular weight is 301 g/mol. The molecule has 0 aliphatic rings. The van der Waals surface area contributed by atoms with Gasteiger partial charge in [0.25, 0.3) is 5.69 Å². The van der Waals surface area contributed by atoms with Gasteiger partial charge < -0.3 is 22.7 Å². The summed E-state index contributed by atoms with van der Waals surface area (Å²) in [5, 5.41) is 12.7. The molecule has 1 aromatic heterocycles. The Kier molecular flexibility index (Phi) is 3.97. The van der Waals surface area contributed by atoms with Crippen LogP contribution in [0.3, 0.4) is 0 Å². The van der Waals surface area contributed by atoms with Crippen molar-refractivity contribution in [3.05, 3.63) is 39.8 Å². The standard InChI is InChI=1S/C9H7N3O2S.BrH/c10-9-11-8(5-15-9)6-1-3-7(4-2-6)12(13)14;/h1-5H,(H2,10,11);1H/p-1. The van der Waals surface area contributed by atoms with Gasteiger partial charge in [0.1, 0.15) is 0 Å². The zero-order valence-electron chi connectivity index (χ0n) is 7.96. The Bertz CT molecular complexity index is 498. The summed E-state index contributed by atoms with van der Waals surface area (Å²) in [6, 6.07) is 6.22. The minimum atomic E-state index is -0.431. The number of hydrogen-bond acceptors (Lipinski definition) is 5. The third-order valence-electron chi connectivity index (χ3n) is 1.90. The molecule has 2 N–H and O–H groups in total. The Balaban J connectivity index is 0.00000128. The van der Waals surface area contributed by atoms with Gasteiger partial charge in [-0.15, -0.1) is 11.3 Å². The van der Waals surface area contributed by atoms with Gasteiger partial charge in [0.05, 0.1) is 10.6 Å². The first-order chi connectivity index (χ1) is 7.16. The fourth-order valence-electron chi connectivity index (χ4n) is 1.17. The van der Waals surface area contributed by atoms with Crippen LogP contribution in [0, 0.1) is 10.1 Å². The van der Waals surface area contributed by atoms with Crippen molar-refractivity contribution >= 4 is 22.2 Å². The Morgan fingerprint density at radius 1 is 1.31 bits per heavy atom. The van der Waals surface area contributed by atoms with Crippen LogP contribution < -0.4 is 22.7 Å². The molecule has 0 aliphatic carbocycles. The Morgan fingerprint density at radius 3 is 2.38 bits per heavy atom. The van der Waals surface area contributed by atoms with E-state index in [-0.39, 0.29) is 22.7 Å². The molecule has 0 aliphatic heterocycles. The van der Waals surface area contributed by atoms with Crippen LogP contribution in [0.1, 0.15) is 0 Å². The van der Waals surface area contributed by atoms with Gasteiger partial charge in [-0.25, -0.2) is 4.98 Å². The van der Waals surface area contributed by atoms with Crippen molar-refractivity contribution in [2.75, 3.05) is 5.73 Å². The van der Waals surface area contributed by atoms with Gasteiger partial charge in [0.15, 0.2) is 5.13 Å². The van der Waals surface area contributed by atoms with Crippen molar-refractivity contribution in [1.82, 2.24) is 4.98 Å².